The van der Waals surface area contributed by atoms with Crippen LogP contribution in [0.2, 0.25) is 0 Å². The predicted octanol–water partition coefficient (Wildman–Crippen LogP) is 2.59. The van der Waals surface area contributed by atoms with Crippen LogP contribution < -0.4 is 5.32 Å². The number of halogens is 1. The monoisotopic (exact) mass is 286 g/mol. The molecule has 2 aliphatic heterocycles. The van der Waals surface area contributed by atoms with Gasteiger partial charge in [-0.1, -0.05) is 12.8 Å². The lowest BCUT2D eigenvalue weighted by Gasteiger charge is -2.45. The number of carbonyl (C=O) groups excluding carboxylic acids is 1. The summed E-state index contributed by atoms with van der Waals surface area (Å²) in [5, 5.41) is 3.36. The number of carbonyl (C=O) groups is 1. The van der Waals surface area contributed by atoms with E-state index in [1.54, 1.807) is 0 Å². The van der Waals surface area contributed by atoms with Crippen LogP contribution in [0.3, 0.4) is 0 Å². The van der Waals surface area contributed by atoms with Crippen molar-refractivity contribution >= 4 is 18.3 Å². The zero-order valence-corrected chi connectivity index (χ0v) is 12.6. The number of fused-ring (bicyclic) bond motifs is 1. The van der Waals surface area contributed by atoms with Crippen LogP contribution in [0.5, 0.6) is 0 Å². The van der Waals surface area contributed by atoms with Crippen LogP contribution in [-0.2, 0) is 4.79 Å². The van der Waals surface area contributed by atoms with Crippen LogP contribution in [0.1, 0.15) is 51.4 Å². The van der Waals surface area contributed by atoms with Crippen molar-refractivity contribution in [2.45, 2.75) is 57.4 Å². The Labute approximate surface area is 122 Å². The molecule has 0 aromatic carbocycles. The fraction of sp³-hybridized carbons (Fsp3) is 0.933. The van der Waals surface area contributed by atoms with Gasteiger partial charge < -0.3 is 10.2 Å². The largest absolute Gasteiger partial charge is 0.339 e. The first-order valence-electron chi connectivity index (χ1n) is 7.87. The number of hydrogen-bond donors (Lipinski definition) is 1. The number of amides is 1. The second kappa shape index (κ2) is 6.94. The minimum absolute atomic E-state index is 0. The van der Waals surface area contributed by atoms with Gasteiger partial charge in [0, 0.05) is 18.5 Å². The maximum atomic E-state index is 12.7. The first kappa shape index (κ1) is 15.1. The van der Waals surface area contributed by atoms with Gasteiger partial charge in [-0.15, -0.1) is 12.4 Å². The summed E-state index contributed by atoms with van der Waals surface area (Å²) in [5.74, 6) is 1.61. The molecule has 3 fully saturated rings. The molecule has 1 amide bonds. The van der Waals surface area contributed by atoms with Crippen molar-refractivity contribution < 1.29 is 4.79 Å². The lowest BCUT2D eigenvalue weighted by Crippen LogP contribution is -2.52. The van der Waals surface area contributed by atoms with E-state index in [2.05, 4.69) is 10.2 Å². The van der Waals surface area contributed by atoms with E-state index in [1.807, 2.05) is 0 Å². The highest BCUT2D eigenvalue weighted by Gasteiger charge is 2.37. The van der Waals surface area contributed by atoms with Gasteiger partial charge in [0.2, 0.25) is 5.91 Å². The van der Waals surface area contributed by atoms with E-state index in [0.29, 0.717) is 17.9 Å². The van der Waals surface area contributed by atoms with Crippen molar-refractivity contribution in [1.82, 2.24) is 10.2 Å². The Morgan fingerprint density at radius 2 is 1.63 bits per heavy atom. The fourth-order valence-electron chi connectivity index (χ4n) is 4.20. The van der Waals surface area contributed by atoms with Gasteiger partial charge in [-0.05, 0) is 57.5 Å². The van der Waals surface area contributed by atoms with Gasteiger partial charge in [0.15, 0.2) is 0 Å². The zero-order chi connectivity index (χ0) is 12.4. The van der Waals surface area contributed by atoms with Crippen molar-refractivity contribution in [1.29, 1.82) is 0 Å². The number of nitrogens with zero attached hydrogens (tertiary/aromatic N) is 1. The summed E-state index contributed by atoms with van der Waals surface area (Å²) >= 11 is 0. The smallest absolute Gasteiger partial charge is 0.226 e. The van der Waals surface area contributed by atoms with E-state index in [0.717, 1.165) is 38.4 Å². The third-order valence-electron chi connectivity index (χ3n) is 5.21. The minimum atomic E-state index is 0. The first-order valence-corrected chi connectivity index (χ1v) is 7.87. The SMILES string of the molecule is Cl.O=C(C1CCNCC1)N1CCCC2CCCCC21. The van der Waals surface area contributed by atoms with Gasteiger partial charge in [0.1, 0.15) is 0 Å². The zero-order valence-electron chi connectivity index (χ0n) is 11.8. The molecule has 19 heavy (non-hydrogen) atoms. The Balaban J connectivity index is 0.00000133. The molecule has 4 heteroatoms. The minimum Gasteiger partial charge on any atom is -0.339 e. The lowest BCUT2D eigenvalue weighted by molar-refractivity contribution is -0.142. The van der Waals surface area contributed by atoms with E-state index in [9.17, 15) is 4.79 Å². The van der Waals surface area contributed by atoms with Crippen LogP contribution in [-0.4, -0.2) is 36.5 Å². The maximum Gasteiger partial charge on any atom is 0.226 e. The molecule has 0 aromatic heterocycles. The van der Waals surface area contributed by atoms with Crippen molar-refractivity contribution in [3.8, 4) is 0 Å². The molecule has 0 radical (unpaired) electrons. The molecule has 3 nitrogen and oxygen atoms in total. The lowest BCUT2D eigenvalue weighted by atomic mass is 9.77. The average molecular weight is 287 g/mol. The Morgan fingerprint density at radius 3 is 2.42 bits per heavy atom. The number of hydrogen-bond acceptors (Lipinski definition) is 2. The van der Waals surface area contributed by atoms with Crippen molar-refractivity contribution in [3.05, 3.63) is 0 Å². The second-order valence-electron chi connectivity index (χ2n) is 6.31. The molecule has 2 unspecified atom stereocenters. The van der Waals surface area contributed by atoms with Gasteiger partial charge in [0.05, 0.1) is 0 Å². The highest BCUT2D eigenvalue weighted by Crippen LogP contribution is 2.36. The van der Waals surface area contributed by atoms with E-state index in [1.165, 1.54) is 38.5 Å². The molecular weight excluding hydrogens is 260 g/mol. The molecule has 0 aromatic rings. The first-order chi connectivity index (χ1) is 8.86. The van der Waals surface area contributed by atoms with Crippen LogP contribution in [0, 0.1) is 11.8 Å². The summed E-state index contributed by atoms with van der Waals surface area (Å²) in [6.07, 6.45) is 10.0. The fourth-order valence-corrected chi connectivity index (χ4v) is 4.20. The van der Waals surface area contributed by atoms with Gasteiger partial charge in [-0.3, -0.25) is 4.79 Å². The molecule has 3 rings (SSSR count). The Morgan fingerprint density at radius 1 is 0.947 bits per heavy atom. The molecular formula is C15H27ClN2O. The number of nitrogens with one attached hydrogen (secondary N) is 1. The van der Waals surface area contributed by atoms with Crippen LogP contribution >= 0.6 is 12.4 Å². The molecule has 2 saturated heterocycles. The molecule has 3 aliphatic rings. The van der Waals surface area contributed by atoms with E-state index in [4.69, 9.17) is 0 Å². The quantitative estimate of drug-likeness (QED) is 0.804. The van der Waals surface area contributed by atoms with E-state index >= 15 is 0 Å². The maximum absolute atomic E-state index is 12.7. The topological polar surface area (TPSA) is 32.3 Å². The molecule has 0 bridgehead atoms. The normalized spacial score (nSPS) is 32.3. The molecule has 2 heterocycles. The Hall–Kier alpha value is -0.280. The van der Waals surface area contributed by atoms with Gasteiger partial charge in [-0.25, -0.2) is 0 Å². The van der Waals surface area contributed by atoms with Crippen molar-refractivity contribution in [2.75, 3.05) is 19.6 Å². The second-order valence-corrected chi connectivity index (χ2v) is 6.31. The average Bonchev–Trinajstić information content (AvgIpc) is 2.47. The number of piperidine rings is 2. The summed E-state index contributed by atoms with van der Waals surface area (Å²) in [4.78, 5) is 15.0. The summed E-state index contributed by atoms with van der Waals surface area (Å²) in [6.45, 7) is 3.08. The molecule has 2 atom stereocenters. The van der Waals surface area contributed by atoms with Crippen LogP contribution in [0.15, 0.2) is 0 Å². The van der Waals surface area contributed by atoms with Gasteiger partial charge in [-0.2, -0.15) is 0 Å². The Kier molecular flexibility index (Phi) is 5.52. The van der Waals surface area contributed by atoms with Crippen LogP contribution in [0.25, 0.3) is 0 Å². The summed E-state index contributed by atoms with van der Waals surface area (Å²) in [7, 11) is 0. The van der Waals surface area contributed by atoms with Crippen molar-refractivity contribution in [3.63, 3.8) is 0 Å². The molecule has 1 saturated carbocycles. The standard InChI is InChI=1S/C15H26N2O.ClH/c18-15(13-7-9-16-10-8-13)17-11-3-5-12-4-1-2-6-14(12)17;/h12-14,16H,1-11H2;1H. The van der Waals surface area contributed by atoms with Gasteiger partial charge in [0.25, 0.3) is 0 Å². The highest BCUT2D eigenvalue weighted by molar-refractivity contribution is 5.85. The molecule has 110 valence electrons. The highest BCUT2D eigenvalue weighted by atomic mass is 35.5. The third kappa shape index (κ3) is 3.25. The Bertz CT molecular complexity index is 303. The third-order valence-corrected chi connectivity index (χ3v) is 5.21. The summed E-state index contributed by atoms with van der Waals surface area (Å²) in [5.41, 5.74) is 0. The van der Waals surface area contributed by atoms with E-state index in [-0.39, 0.29) is 12.4 Å². The van der Waals surface area contributed by atoms with Crippen molar-refractivity contribution in [2.24, 2.45) is 11.8 Å². The summed E-state index contributed by atoms with van der Waals surface area (Å²) < 4.78 is 0. The molecule has 1 aliphatic carbocycles. The predicted molar refractivity (Wildman–Crippen MR) is 79.5 cm³/mol. The number of rotatable bonds is 1. The van der Waals surface area contributed by atoms with E-state index < -0.39 is 0 Å². The molecule has 1 N–H and O–H groups in total. The number of likely N-dealkylation sites (tertiary alicyclic amines) is 1. The van der Waals surface area contributed by atoms with Gasteiger partial charge >= 0.3 is 0 Å². The molecule has 0 spiro atoms. The van der Waals surface area contributed by atoms with Crippen LogP contribution in [0.4, 0.5) is 0 Å². The summed E-state index contributed by atoms with van der Waals surface area (Å²) in [6, 6.07) is 0.592.